The van der Waals surface area contributed by atoms with Gasteiger partial charge in [0.15, 0.2) is 5.90 Å². The van der Waals surface area contributed by atoms with Gasteiger partial charge in [0.05, 0.1) is 6.54 Å². The Bertz CT molecular complexity index is 206. The molecule has 0 spiro atoms. The summed E-state index contributed by atoms with van der Waals surface area (Å²) in [6.45, 7) is 1.68. The van der Waals surface area contributed by atoms with Gasteiger partial charge < -0.3 is 11.2 Å². The van der Waals surface area contributed by atoms with Gasteiger partial charge in [-0.05, 0) is 0 Å². The maximum absolute atomic E-state index is 5.36. The van der Waals surface area contributed by atoms with Crippen molar-refractivity contribution >= 4 is 5.90 Å². The van der Waals surface area contributed by atoms with Crippen molar-refractivity contribution in [3.8, 4) is 0 Å². The molecule has 4 heteroatoms. The summed E-state index contributed by atoms with van der Waals surface area (Å²) in [6, 6.07) is 0. The molecule has 2 fully saturated rings. The van der Waals surface area contributed by atoms with Crippen LogP contribution in [0.3, 0.4) is 0 Å². The Kier molecular flexibility index (Phi) is 10.9. The molecule has 1 unspecified atom stereocenters. The van der Waals surface area contributed by atoms with Crippen LogP contribution in [-0.2, 0) is 21.8 Å². The van der Waals surface area contributed by atoms with Crippen molar-refractivity contribution in [3.05, 3.63) is 6.42 Å². The fourth-order valence-electron chi connectivity index (χ4n) is 2.46. The summed E-state index contributed by atoms with van der Waals surface area (Å²) in [6.07, 6.45) is 13.6. The minimum absolute atomic E-state index is 0. The molecule has 0 saturated heterocycles. The van der Waals surface area contributed by atoms with Gasteiger partial charge in [-0.25, -0.2) is 0 Å². The van der Waals surface area contributed by atoms with E-state index in [1.165, 1.54) is 51.4 Å². The molecule has 0 amide bonds. The van der Waals surface area contributed by atoms with Crippen molar-refractivity contribution in [1.29, 1.82) is 0 Å². The van der Waals surface area contributed by atoms with Crippen LogP contribution in [0.2, 0.25) is 0 Å². The van der Waals surface area contributed by atoms with E-state index in [2.05, 4.69) is 11.4 Å². The van der Waals surface area contributed by atoms with E-state index in [0.717, 1.165) is 19.0 Å². The Labute approximate surface area is 128 Å². The zero-order valence-electron chi connectivity index (χ0n) is 10.9. The van der Waals surface area contributed by atoms with Crippen molar-refractivity contribution < 1.29 is 40.7 Å². The van der Waals surface area contributed by atoms with Crippen LogP contribution < -0.4 is 18.9 Å². The molecule has 0 aromatic heterocycles. The largest absolute Gasteiger partial charge is 2.00 e. The van der Waals surface area contributed by atoms with E-state index in [4.69, 9.17) is 4.74 Å². The molecule has 0 bridgehead atoms. The zero-order valence-corrected chi connectivity index (χ0v) is 12.0. The number of ether oxygens (including phenoxy) is 1. The van der Waals surface area contributed by atoms with Crippen LogP contribution in [0.5, 0.6) is 0 Å². The van der Waals surface area contributed by atoms with Crippen LogP contribution in [0.4, 0.5) is 0 Å². The molecule has 17 heavy (non-hydrogen) atoms. The molecule has 0 aromatic rings. The first-order valence-electron chi connectivity index (χ1n) is 6.47. The Morgan fingerprint density at radius 2 is 1.71 bits per heavy atom. The molecule has 2 nitrogen and oxygen atoms in total. The van der Waals surface area contributed by atoms with Crippen molar-refractivity contribution in [2.45, 2.75) is 51.4 Å². The van der Waals surface area contributed by atoms with Crippen LogP contribution in [0.1, 0.15) is 51.4 Å². The molecule has 1 heterocycles. The molecule has 92 valence electrons. The van der Waals surface area contributed by atoms with Crippen molar-refractivity contribution in [2.24, 2.45) is 10.9 Å². The smallest absolute Gasteiger partial charge is 0.481 e. The molecule has 1 aliphatic heterocycles. The van der Waals surface area contributed by atoms with Crippen molar-refractivity contribution in [1.82, 2.24) is 0 Å². The third-order valence-corrected chi connectivity index (χ3v) is 3.35. The van der Waals surface area contributed by atoms with Crippen LogP contribution in [-0.4, -0.2) is 19.0 Å². The predicted octanol–water partition coefficient (Wildman–Crippen LogP) is 0.371. The minimum atomic E-state index is 0. The van der Waals surface area contributed by atoms with Gasteiger partial charge in [-0.15, -0.1) is 0 Å². The van der Waals surface area contributed by atoms with E-state index in [1.54, 1.807) is 0 Å². The molecular formula is C13H22FeLiNO+2. The molecule has 0 aromatic carbocycles. The van der Waals surface area contributed by atoms with Crippen LogP contribution in [0.15, 0.2) is 4.99 Å². The normalized spacial score (nSPS) is 25.9. The quantitative estimate of drug-likeness (QED) is 0.499. The Balaban J connectivity index is 0.000000318. The number of aliphatic imine (C=N–C) groups is 1. The fourth-order valence-corrected chi connectivity index (χ4v) is 2.46. The zero-order chi connectivity index (χ0) is 10.3. The molecule has 3 aliphatic rings. The van der Waals surface area contributed by atoms with E-state index in [1.807, 2.05) is 0 Å². The second-order valence-corrected chi connectivity index (χ2v) is 4.61. The topological polar surface area (TPSA) is 21.6 Å². The molecule has 1 atom stereocenters. The molecule has 0 N–H and O–H groups in total. The van der Waals surface area contributed by atoms with E-state index in [-0.39, 0.29) is 35.9 Å². The number of hydrogen-bond donors (Lipinski definition) is 0. The third kappa shape index (κ3) is 6.34. The number of hydrogen-bond acceptors (Lipinski definition) is 2. The Hall–Kier alpha value is 0.587. The summed E-state index contributed by atoms with van der Waals surface area (Å²) in [7, 11) is 0. The summed E-state index contributed by atoms with van der Waals surface area (Å²) in [4.78, 5) is 4.28. The summed E-state index contributed by atoms with van der Waals surface area (Å²) >= 11 is 0. The van der Waals surface area contributed by atoms with Gasteiger partial charge in [-0.3, -0.25) is 4.99 Å². The molecular weight excluding hydrogens is 249 g/mol. The summed E-state index contributed by atoms with van der Waals surface area (Å²) in [5.74, 6) is 1.56. The minimum Gasteiger partial charge on any atom is -0.481 e. The summed E-state index contributed by atoms with van der Waals surface area (Å²) in [5, 5.41) is 0. The summed E-state index contributed by atoms with van der Waals surface area (Å²) < 4.78 is 5.36. The Morgan fingerprint density at radius 1 is 1.06 bits per heavy atom. The van der Waals surface area contributed by atoms with Gasteiger partial charge >= 0.3 is 35.9 Å². The van der Waals surface area contributed by atoms with E-state index >= 15 is 0 Å². The van der Waals surface area contributed by atoms with Gasteiger partial charge in [0.1, 0.15) is 6.61 Å². The molecule has 2 saturated carbocycles. The standard InChI is InChI=1S/C8H12NO.C5H10.Fe.Li/c1-2-4-7(3-1)8-9-5-6-10-8;1-2-4-5-3-1;;/h3,7H,1-2,4-6H2;1-5H2;;/q-1;;+2;+1. The first kappa shape index (κ1) is 17.6. The first-order chi connectivity index (χ1) is 7.47. The third-order valence-electron chi connectivity index (χ3n) is 3.35. The summed E-state index contributed by atoms with van der Waals surface area (Å²) in [5.41, 5.74) is 0. The van der Waals surface area contributed by atoms with Crippen molar-refractivity contribution in [2.75, 3.05) is 13.2 Å². The fraction of sp³-hybridized carbons (Fsp3) is 0.846. The molecule has 3 rings (SSSR count). The van der Waals surface area contributed by atoms with Crippen molar-refractivity contribution in [3.63, 3.8) is 0 Å². The second kappa shape index (κ2) is 10.5. The molecule has 0 radical (unpaired) electrons. The SMILES string of the molecule is C1CCCC1.[CH-]1CCCC1C1=NCCO1.[Fe+2].[Li+]. The van der Waals surface area contributed by atoms with Crippen LogP contribution >= 0.6 is 0 Å². The first-order valence-corrected chi connectivity index (χ1v) is 6.47. The average molecular weight is 271 g/mol. The Morgan fingerprint density at radius 3 is 2.12 bits per heavy atom. The van der Waals surface area contributed by atoms with E-state index in [0.29, 0.717) is 5.92 Å². The number of nitrogens with zero attached hydrogens (tertiary/aromatic N) is 1. The van der Waals surface area contributed by atoms with E-state index in [9.17, 15) is 0 Å². The van der Waals surface area contributed by atoms with Gasteiger partial charge in [-0.2, -0.15) is 6.42 Å². The predicted molar refractivity (Wildman–Crippen MR) is 63.0 cm³/mol. The van der Waals surface area contributed by atoms with Crippen LogP contribution in [0, 0.1) is 12.3 Å². The average Bonchev–Trinajstić information content (AvgIpc) is 3.06. The van der Waals surface area contributed by atoms with E-state index < -0.39 is 0 Å². The molecule has 2 aliphatic carbocycles. The van der Waals surface area contributed by atoms with Gasteiger partial charge in [0.25, 0.3) is 0 Å². The number of rotatable bonds is 1. The maximum atomic E-state index is 5.36. The maximum Gasteiger partial charge on any atom is 2.00 e. The van der Waals surface area contributed by atoms with Gasteiger partial charge in [-0.1, -0.05) is 50.9 Å². The van der Waals surface area contributed by atoms with Crippen LogP contribution in [0.25, 0.3) is 0 Å². The van der Waals surface area contributed by atoms with Gasteiger partial charge in [0, 0.05) is 0 Å². The monoisotopic (exact) mass is 271 g/mol. The van der Waals surface area contributed by atoms with Gasteiger partial charge in [0.2, 0.25) is 0 Å². The second-order valence-electron chi connectivity index (χ2n) is 4.61.